The van der Waals surface area contributed by atoms with Gasteiger partial charge >= 0.3 is 0 Å². The summed E-state index contributed by atoms with van der Waals surface area (Å²) in [5, 5.41) is 3.50. The molecule has 3 aliphatic rings. The number of nitrogens with zero attached hydrogens (tertiary/aromatic N) is 2. The molecule has 0 aromatic heterocycles. The number of benzene rings is 1. The van der Waals surface area contributed by atoms with Crippen LogP contribution in [0, 0.1) is 0 Å². The first-order valence-electron chi connectivity index (χ1n) is 8.68. The molecule has 1 aromatic carbocycles. The molecular formula is C18H27N3. The molecule has 0 amide bonds. The van der Waals surface area contributed by atoms with Crippen LogP contribution in [0.25, 0.3) is 0 Å². The third-order valence-corrected chi connectivity index (χ3v) is 5.68. The highest BCUT2D eigenvalue weighted by Gasteiger charge is 2.31. The van der Waals surface area contributed by atoms with Gasteiger partial charge < -0.3 is 5.32 Å². The molecule has 2 heterocycles. The fourth-order valence-corrected chi connectivity index (χ4v) is 4.47. The Labute approximate surface area is 128 Å². The van der Waals surface area contributed by atoms with Gasteiger partial charge in [0.2, 0.25) is 0 Å². The summed E-state index contributed by atoms with van der Waals surface area (Å²) in [6, 6.07) is 10.6. The van der Waals surface area contributed by atoms with Gasteiger partial charge in [-0.1, -0.05) is 24.3 Å². The Morgan fingerprint density at radius 3 is 2.57 bits per heavy atom. The summed E-state index contributed by atoms with van der Waals surface area (Å²) in [5.41, 5.74) is 3.20. The van der Waals surface area contributed by atoms with Crippen LogP contribution in [0.3, 0.4) is 0 Å². The van der Waals surface area contributed by atoms with Crippen molar-refractivity contribution in [2.75, 3.05) is 39.3 Å². The van der Waals surface area contributed by atoms with E-state index in [0.29, 0.717) is 6.04 Å². The van der Waals surface area contributed by atoms with Crippen LogP contribution in [0.1, 0.15) is 36.4 Å². The Hall–Kier alpha value is -0.900. The molecule has 4 rings (SSSR count). The Kier molecular flexibility index (Phi) is 3.97. The second-order valence-corrected chi connectivity index (χ2v) is 6.83. The number of piperazine rings is 1. The van der Waals surface area contributed by atoms with Crippen LogP contribution in [0.15, 0.2) is 24.3 Å². The molecule has 0 saturated carbocycles. The van der Waals surface area contributed by atoms with Crippen molar-refractivity contribution in [3.63, 3.8) is 0 Å². The van der Waals surface area contributed by atoms with Crippen LogP contribution < -0.4 is 5.32 Å². The highest BCUT2D eigenvalue weighted by molar-refractivity contribution is 5.32. The SMILES string of the molecule is c1ccc2c(c1)CCCC2N1CCN(C2CCNC2)CC1. The van der Waals surface area contributed by atoms with Gasteiger partial charge in [0.15, 0.2) is 0 Å². The van der Waals surface area contributed by atoms with E-state index in [9.17, 15) is 0 Å². The molecule has 1 aliphatic carbocycles. The van der Waals surface area contributed by atoms with E-state index in [1.165, 1.54) is 65.0 Å². The zero-order chi connectivity index (χ0) is 14.1. The van der Waals surface area contributed by atoms with Crippen LogP contribution in [-0.4, -0.2) is 55.1 Å². The number of aryl methyl sites for hydroxylation is 1. The number of nitrogens with one attached hydrogen (secondary N) is 1. The van der Waals surface area contributed by atoms with E-state index in [2.05, 4.69) is 39.4 Å². The van der Waals surface area contributed by atoms with E-state index in [4.69, 9.17) is 0 Å². The van der Waals surface area contributed by atoms with Gasteiger partial charge in [0.1, 0.15) is 0 Å². The molecule has 1 N–H and O–H groups in total. The molecule has 114 valence electrons. The largest absolute Gasteiger partial charge is 0.315 e. The van der Waals surface area contributed by atoms with Crippen molar-refractivity contribution in [2.24, 2.45) is 0 Å². The van der Waals surface area contributed by atoms with Crippen molar-refractivity contribution in [3.05, 3.63) is 35.4 Å². The van der Waals surface area contributed by atoms with Gasteiger partial charge in [0.05, 0.1) is 0 Å². The predicted molar refractivity (Wildman–Crippen MR) is 86.5 cm³/mol. The fourth-order valence-electron chi connectivity index (χ4n) is 4.47. The van der Waals surface area contributed by atoms with Crippen molar-refractivity contribution in [3.8, 4) is 0 Å². The standard InChI is InChI=1S/C18H27N3/c1-2-6-17-15(4-1)5-3-7-18(17)21-12-10-20(11-13-21)16-8-9-19-14-16/h1-2,4,6,16,18-19H,3,5,7-14H2. The monoisotopic (exact) mass is 285 g/mol. The second kappa shape index (κ2) is 6.07. The molecule has 1 aromatic rings. The number of hydrogen-bond acceptors (Lipinski definition) is 3. The zero-order valence-corrected chi connectivity index (χ0v) is 12.9. The van der Waals surface area contributed by atoms with Gasteiger partial charge in [-0.15, -0.1) is 0 Å². The summed E-state index contributed by atoms with van der Waals surface area (Å²) in [6.07, 6.45) is 5.32. The molecule has 2 saturated heterocycles. The lowest BCUT2D eigenvalue weighted by atomic mass is 9.86. The minimum Gasteiger partial charge on any atom is -0.315 e. The highest BCUT2D eigenvalue weighted by Crippen LogP contribution is 2.34. The van der Waals surface area contributed by atoms with Gasteiger partial charge in [0, 0.05) is 44.8 Å². The van der Waals surface area contributed by atoms with E-state index >= 15 is 0 Å². The average Bonchev–Trinajstić information content (AvgIpc) is 3.09. The Morgan fingerprint density at radius 2 is 1.76 bits per heavy atom. The fraction of sp³-hybridized carbons (Fsp3) is 0.667. The number of fused-ring (bicyclic) bond motifs is 1. The lowest BCUT2D eigenvalue weighted by molar-refractivity contribution is 0.0676. The first-order valence-corrected chi connectivity index (χ1v) is 8.68. The van der Waals surface area contributed by atoms with E-state index < -0.39 is 0 Å². The van der Waals surface area contributed by atoms with E-state index in [1.54, 1.807) is 11.1 Å². The maximum absolute atomic E-state index is 3.50. The molecule has 2 fully saturated rings. The second-order valence-electron chi connectivity index (χ2n) is 6.83. The third kappa shape index (κ3) is 2.75. The molecule has 21 heavy (non-hydrogen) atoms. The molecule has 3 nitrogen and oxygen atoms in total. The summed E-state index contributed by atoms with van der Waals surface area (Å²) in [5.74, 6) is 0. The number of hydrogen-bond donors (Lipinski definition) is 1. The normalized spacial score (nSPS) is 31.2. The minimum atomic E-state index is 0.679. The molecular weight excluding hydrogens is 258 g/mol. The van der Waals surface area contributed by atoms with E-state index in [0.717, 1.165) is 6.04 Å². The van der Waals surface area contributed by atoms with E-state index in [1.807, 2.05) is 0 Å². The van der Waals surface area contributed by atoms with Gasteiger partial charge in [-0.25, -0.2) is 0 Å². The quantitative estimate of drug-likeness (QED) is 0.897. The van der Waals surface area contributed by atoms with Gasteiger partial charge in [0.25, 0.3) is 0 Å². The molecule has 0 bridgehead atoms. The van der Waals surface area contributed by atoms with Crippen molar-refractivity contribution in [2.45, 2.75) is 37.8 Å². The van der Waals surface area contributed by atoms with Crippen molar-refractivity contribution < 1.29 is 0 Å². The minimum absolute atomic E-state index is 0.679. The van der Waals surface area contributed by atoms with Crippen molar-refractivity contribution in [1.82, 2.24) is 15.1 Å². The topological polar surface area (TPSA) is 18.5 Å². The lowest BCUT2D eigenvalue weighted by Crippen LogP contribution is -2.52. The number of rotatable bonds is 2. The van der Waals surface area contributed by atoms with Crippen molar-refractivity contribution >= 4 is 0 Å². The maximum atomic E-state index is 3.50. The van der Waals surface area contributed by atoms with Gasteiger partial charge in [-0.05, 0) is 43.4 Å². The molecule has 2 aliphatic heterocycles. The molecule has 2 unspecified atom stereocenters. The van der Waals surface area contributed by atoms with Crippen LogP contribution in [0.5, 0.6) is 0 Å². The summed E-state index contributed by atoms with van der Waals surface area (Å²) in [6.45, 7) is 7.41. The summed E-state index contributed by atoms with van der Waals surface area (Å²) in [4.78, 5) is 5.46. The third-order valence-electron chi connectivity index (χ3n) is 5.68. The van der Waals surface area contributed by atoms with Crippen LogP contribution in [0.4, 0.5) is 0 Å². The first kappa shape index (κ1) is 13.7. The Morgan fingerprint density at radius 1 is 0.952 bits per heavy atom. The summed E-state index contributed by atoms with van der Waals surface area (Å²) >= 11 is 0. The summed E-state index contributed by atoms with van der Waals surface area (Å²) in [7, 11) is 0. The van der Waals surface area contributed by atoms with Crippen LogP contribution in [-0.2, 0) is 6.42 Å². The lowest BCUT2D eigenvalue weighted by Gasteiger charge is -2.43. The smallest absolute Gasteiger partial charge is 0.0352 e. The molecule has 3 heteroatoms. The maximum Gasteiger partial charge on any atom is 0.0352 e. The Bertz CT molecular complexity index is 473. The molecule has 2 atom stereocenters. The Balaban J connectivity index is 1.42. The first-order chi connectivity index (χ1) is 10.4. The van der Waals surface area contributed by atoms with Gasteiger partial charge in [-0.2, -0.15) is 0 Å². The zero-order valence-electron chi connectivity index (χ0n) is 12.9. The van der Waals surface area contributed by atoms with E-state index in [-0.39, 0.29) is 0 Å². The summed E-state index contributed by atoms with van der Waals surface area (Å²) < 4.78 is 0. The average molecular weight is 285 g/mol. The molecule has 0 spiro atoms. The van der Waals surface area contributed by atoms with Crippen LogP contribution in [0.2, 0.25) is 0 Å². The van der Waals surface area contributed by atoms with Gasteiger partial charge in [-0.3, -0.25) is 9.80 Å². The molecule has 0 radical (unpaired) electrons. The van der Waals surface area contributed by atoms with Crippen molar-refractivity contribution in [1.29, 1.82) is 0 Å². The predicted octanol–water partition coefficient (Wildman–Crippen LogP) is 2.04. The highest BCUT2D eigenvalue weighted by atomic mass is 15.3. The van der Waals surface area contributed by atoms with Crippen LogP contribution >= 0.6 is 0 Å².